The highest BCUT2D eigenvalue weighted by molar-refractivity contribution is 9.10. The smallest absolute Gasteiger partial charge is 0.379 e. The molecule has 0 bridgehead atoms. The molecule has 0 aliphatic rings. The van der Waals surface area contributed by atoms with Crippen molar-refractivity contribution >= 4 is 44.5 Å². The maximum atomic E-state index is 12.3. The van der Waals surface area contributed by atoms with Crippen molar-refractivity contribution in [2.75, 3.05) is 0 Å². The standard InChI is InChI=1S/C16H10BrClO3/c1-9-11-4-2-3-5-13(11)20-15(9)16(19)21-14-7-6-10(18)8-12(14)17/h2-8H,1H3. The topological polar surface area (TPSA) is 39.4 Å². The lowest BCUT2D eigenvalue weighted by molar-refractivity contribution is 0.0701. The average molecular weight is 366 g/mol. The van der Waals surface area contributed by atoms with Gasteiger partial charge in [0.25, 0.3) is 0 Å². The summed E-state index contributed by atoms with van der Waals surface area (Å²) in [6.07, 6.45) is 0. The summed E-state index contributed by atoms with van der Waals surface area (Å²) in [4.78, 5) is 12.3. The largest absolute Gasteiger partial charge is 0.449 e. The van der Waals surface area contributed by atoms with E-state index in [9.17, 15) is 4.79 Å². The number of esters is 1. The molecule has 0 radical (unpaired) electrons. The van der Waals surface area contributed by atoms with E-state index in [1.54, 1.807) is 18.2 Å². The summed E-state index contributed by atoms with van der Waals surface area (Å²) in [6.45, 7) is 1.83. The summed E-state index contributed by atoms with van der Waals surface area (Å²) in [5, 5.41) is 1.46. The summed E-state index contributed by atoms with van der Waals surface area (Å²) in [5.41, 5.74) is 1.43. The third kappa shape index (κ3) is 2.69. The lowest BCUT2D eigenvalue weighted by atomic mass is 10.1. The van der Waals surface area contributed by atoms with Gasteiger partial charge in [-0.05, 0) is 47.1 Å². The third-order valence-electron chi connectivity index (χ3n) is 3.13. The first-order valence-corrected chi connectivity index (χ1v) is 7.38. The Balaban J connectivity index is 1.95. The molecule has 0 spiro atoms. The van der Waals surface area contributed by atoms with Crippen LogP contribution in [0.25, 0.3) is 11.0 Å². The number of hydrogen-bond donors (Lipinski definition) is 0. The minimum atomic E-state index is -0.535. The molecule has 5 heteroatoms. The highest BCUT2D eigenvalue weighted by Gasteiger charge is 2.20. The quantitative estimate of drug-likeness (QED) is 0.452. The Morgan fingerprint density at radius 1 is 1.24 bits per heavy atom. The van der Waals surface area contributed by atoms with Gasteiger partial charge in [-0.25, -0.2) is 4.79 Å². The summed E-state index contributed by atoms with van der Waals surface area (Å²) in [5.74, 6) is 0.0639. The van der Waals surface area contributed by atoms with E-state index in [2.05, 4.69) is 15.9 Å². The molecule has 0 saturated carbocycles. The van der Waals surface area contributed by atoms with E-state index in [0.29, 0.717) is 20.8 Å². The van der Waals surface area contributed by atoms with Crippen LogP contribution in [-0.4, -0.2) is 5.97 Å². The molecular weight excluding hydrogens is 356 g/mol. The van der Waals surface area contributed by atoms with Crippen molar-refractivity contribution in [3.63, 3.8) is 0 Å². The van der Waals surface area contributed by atoms with Gasteiger partial charge in [0, 0.05) is 16.0 Å². The van der Waals surface area contributed by atoms with Crippen LogP contribution in [0, 0.1) is 6.92 Å². The van der Waals surface area contributed by atoms with Crippen LogP contribution in [0.1, 0.15) is 16.1 Å². The second-order valence-corrected chi connectivity index (χ2v) is 5.81. The summed E-state index contributed by atoms with van der Waals surface area (Å²) in [7, 11) is 0. The molecule has 3 aromatic rings. The van der Waals surface area contributed by atoms with Crippen molar-refractivity contribution in [1.82, 2.24) is 0 Å². The summed E-state index contributed by atoms with van der Waals surface area (Å²) in [6, 6.07) is 12.4. The normalized spacial score (nSPS) is 10.8. The number of furan rings is 1. The zero-order valence-electron chi connectivity index (χ0n) is 11.0. The van der Waals surface area contributed by atoms with Crippen LogP contribution in [0.2, 0.25) is 5.02 Å². The first kappa shape index (κ1) is 14.2. The fourth-order valence-corrected chi connectivity index (χ4v) is 2.84. The van der Waals surface area contributed by atoms with Gasteiger partial charge in [0.2, 0.25) is 5.76 Å². The first-order valence-electron chi connectivity index (χ1n) is 6.21. The highest BCUT2D eigenvalue weighted by Crippen LogP contribution is 2.30. The number of carbonyl (C=O) groups excluding carboxylic acids is 1. The molecule has 0 unspecified atom stereocenters. The van der Waals surface area contributed by atoms with Gasteiger partial charge in [0.15, 0.2) is 0 Å². The predicted octanol–water partition coefficient (Wildman–Crippen LogP) is 5.38. The molecule has 0 aliphatic carbocycles. The molecule has 21 heavy (non-hydrogen) atoms. The van der Waals surface area contributed by atoms with E-state index >= 15 is 0 Å². The molecular formula is C16H10BrClO3. The van der Waals surface area contributed by atoms with Crippen molar-refractivity contribution in [3.05, 3.63) is 63.3 Å². The Labute approximate surface area is 134 Å². The second kappa shape index (κ2) is 5.54. The Bertz CT molecular complexity index is 839. The van der Waals surface area contributed by atoms with Crippen molar-refractivity contribution in [2.45, 2.75) is 6.92 Å². The first-order chi connectivity index (χ1) is 10.1. The maximum absolute atomic E-state index is 12.3. The summed E-state index contributed by atoms with van der Waals surface area (Å²) >= 11 is 9.17. The van der Waals surface area contributed by atoms with E-state index in [1.807, 2.05) is 31.2 Å². The van der Waals surface area contributed by atoms with Gasteiger partial charge in [0.1, 0.15) is 11.3 Å². The number of halogens is 2. The van der Waals surface area contributed by atoms with Gasteiger partial charge in [-0.1, -0.05) is 29.8 Å². The number of rotatable bonds is 2. The third-order valence-corrected chi connectivity index (χ3v) is 3.98. The fraction of sp³-hybridized carbons (Fsp3) is 0.0625. The number of aryl methyl sites for hydroxylation is 1. The number of para-hydroxylation sites is 1. The number of fused-ring (bicyclic) bond motifs is 1. The van der Waals surface area contributed by atoms with Crippen molar-refractivity contribution in [3.8, 4) is 5.75 Å². The van der Waals surface area contributed by atoms with Gasteiger partial charge in [0.05, 0.1) is 4.47 Å². The SMILES string of the molecule is Cc1c(C(=O)Oc2ccc(Cl)cc2Br)oc2ccccc12. The highest BCUT2D eigenvalue weighted by atomic mass is 79.9. The molecule has 3 nitrogen and oxygen atoms in total. The predicted molar refractivity (Wildman–Crippen MR) is 85.1 cm³/mol. The zero-order valence-corrected chi connectivity index (χ0v) is 13.4. The molecule has 3 rings (SSSR count). The fourth-order valence-electron chi connectivity index (χ4n) is 2.07. The molecule has 0 fully saturated rings. The van der Waals surface area contributed by atoms with Crippen LogP contribution < -0.4 is 4.74 Å². The minimum absolute atomic E-state index is 0.207. The number of ether oxygens (including phenoxy) is 1. The Morgan fingerprint density at radius 2 is 2.00 bits per heavy atom. The zero-order chi connectivity index (χ0) is 15.0. The molecule has 0 N–H and O–H groups in total. The van der Waals surface area contributed by atoms with Crippen molar-refractivity contribution in [2.24, 2.45) is 0 Å². The van der Waals surface area contributed by atoms with Gasteiger partial charge in [-0.3, -0.25) is 0 Å². The number of hydrogen-bond acceptors (Lipinski definition) is 3. The minimum Gasteiger partial charge on any atom is -0.449 e. The van der Waals surface area contributed by atoms with Crippen LogP contribution >= 0.6 is 27.5 Å². The Hall–Kier alpha value is -1.78. The Kier molecular flexibility index (Phi) is 3.74. The molecule has 1 aromatic heterocycles. The monoisotopic (exact) mass is 364 g/mol. The second-order valence-electron chi connectivity index (χ2n) is 4.52. The van der Waals surface area contributed by atoms with E-state index < -0.39 is 5.97 Å². The molecule has 0 aliphatic heterocycles. The summed E-state index contributed by atoms with van der Waals surface area (Å²) < 4.78 is 11.5. The van der Waals surface area contributed by atoms with E-state index in [-0.39, 0.29) is 5.76 Å². The van der Waals surface area contributed by atoms with E-state index in [0.717, 1.165) is 10.9 Å². The molecule has 0 atom stereocenters. The molecule has 1 heterocycles. The van der Waals surface area contributed by atoms with E-state index in [1.165, 1.54) is 0 Å². The molecule has 0 amide bonds. The van der Waals surface area contributed by atoms with Gasteiger partial charge in [-0.2, -0.15) is 0 Å². The lowest BCUT2D eigenvalue weighted by Crippen LogP contribution is -2.09. The van der Waals surface area contributed by atoms with Crippen molar-refractivity contribution < 1.29 is 13.9 Å². The Morgan fingerprint density at radius 3 is 2.71 bits per heavy atom. The van der Waals surface area contributed by atoms with Crippen LogP contribution in [-0.2, 0) is 0 Å². The molecule has 2 aromatic carbocycles. The van der Waals surface area contributed by atoms with Gasteiger partial charge < -0.3 is 9.15 Å². The number of carbonyl (C=O) groups is 1. The molecule has 106 valence electrons. The van der Waals surface area contributed by atoms with Crippen LogP contribution in [0.5, 0.6) is 5.75 Å². The van der Waals surface area contributed by atoms with Gasteiger partial charge >= 0.3 is 5.97 Å². The maximum Gasteiger partial charge on any atom is 0.379 e. The number of benzene rings is 2. The van der Waals surface area contributed by atoms with Crippen LogP contribution in [0.4, 0.5) is 0 Å². The van der Waals surface area contributed by atoms with E-state index in [4.69, 9.17) is 20.8 Å². The average Bonchev–Trinajstić information content (AvgIpc) is 2.80. The molecule has 0 saturated heterocycles. The van der Waals surface area contributed by atoms with Crippen LogP contribution in [0.15, 0.2) is 51.4 Å². The lowest BCUT2D eigenvalue weighted by Gasteiger charge is -2.05. The van der Waals surface area contributed by atoms with Gasteiger partial charge in [-0.15, -0.1) is 0 Å². The van der Waals surface area contributed by atoms with Crippen LogP contribution in [0.3, 0.4) is 0 Å². The van der Waals surface area contributed by atoms with Crippen molar-refractivity contribution in [1.29, 1.82) is 0 Å².